The number of hydrogen-bond acceptors (Lipinski definition) is 4. The molecule has 3 aromatic carbocycles. The number of hydrogen-bond donors (Lipinski definition) is 0. The van der Waals surface area contributed by atoms with Gasteiger partial charge in [-0.2, -0.15) is 0 Å². The Morgan fingerprint density at radius 3 is 1.45 bits per heavy atom. The van der Waals surface area contributed by atoms with Crippen LogP contribution >= 0.6 is 22.7 Å². The molecule has 1 aliphatic heterocycles. The number of rotatable bonds is 5. The normalized spacial score (nSPS) is 12.4. The van der Waals surface area contributed by atoms with E-state index in [2.05, 4.69) is 66.7 Å². The minimum absolute atomic E-state index is 0.893. The van der Waals surface area contributed by atoms with Gasteiger partial charge in [-0.15, -0.1) is 0 Å². The summed E-state index contributed by atoms with van der Waals surface area (Å²) in [7, 11) is 3.42. The van der Waals surface area contributed by atoms with E-state index in [4.69, 9.17) is 9.47 Å². The summed E-state index contributed by atoms with van der Waals surface area (Å²) < 4.78 is 15.3. The van der Waals surface area contributed by atoms with Crippen LogP contribution in [-0.4, -0.2) is 28.9 Å². The van der Waals surface area contributed by atoms with E-state index in [0.29, 0.717) is 0 Å². The monoisotopic (exact) mass is 528 g/mol. The fourth-order valence-electron chi connectivity index (χ4n) is 4.20. The van der Waals surface area contributed by atoms with Gasteiger partial charge in [-0.3, -0.25) is 0 Å². The zero-order valence-electron chi connectivity index (χ0n) is 18.2. The van der Waals surface area contributed by atoms with Crippen molar-refractivity contribution in [3.8, 4) is 42.1 Å². The molecule has 0 aliphatic carbocycles. The van der Waals surface area contributed by atoms with E-state index in [0.717, 1.165) is 11.5 Å². The van der Waals surface area contributed by atoms with Crippen molar-refractivity contribution >= 4 is 50.4 Å². The van der Waals surface area contributed by atoms with E-state index in [1.54, 1.807) is 22.9 Å². The second kappa shape index (κ2) is 8.53. The first kappa shape index (κ1) is 20.8. The summed E-state index contributed by atoms with van der Waals surface area (Å²) in [6, 6.07) is 32.8. The Hall–Kier alpha value is -2.78. The van der Waals surface area contributed by atoms with Crippen LogP contribution in [0.3, 0.4) is 0 Å². The molecule has 0 N–H and O–H groups in total. The SMILES string of the molecule is COc1ccc(-c2cc3c(s2)-c2sc(-c4ccc(OC)cc4)cc2[As]3c2ccccc2)cc1. The summed E-state index contributed by atoms with van der Waals surface area (Å²) in [5.74, 6) is 1.79. The van der Waals surface area contributed by atoms with Crippen molar-refractivity contribution in [3.05, 3.63) is 91.0 Å². The molecule has 5 aromatic rings. The molecule has 2 aromatic heterocycles. The molecule has 0 amide bonds. The van der Waals surface area contributed by atoms with Gasteiger partial charge >= 0.3 is 207 Å². The van der Waals surface area contributed by atoms with Crippen LogP contribution in [0.4, 0.5) is 0 Å². The molecule has 0 radical (unpaired) electrons. The number of thiophene rings is 2. The molecule has 3 heterocycles. The Labute approximate surface area is 206 Å². The van der Waals surface area contributed by atoms with Gasteiger partial charge in [0.15, 0.2) is 0 Å². The number of fused-ring (bicyclic) bond motifs is 3. The first-order chi connectivity index (χ1) is 16.2. The predicted octanol–water partition coefficient (Wildman–Crippen LogP) is 5.66. The predicted molar refractivity (Wildman–Crippen MR) is 143 cm³/mol. The summed E-state index contributed by atoms with van der Waals surface area (Å²) in [5, 5.41) is 0. The summed E-state index contributed by atoms with van der Waals surface area (Å²) in [5.41, 5.74) is 2.51. The van der Waals surface area contributed by atoms with Crippen LogP contribution in [0, 0.1) is 0 Å². The Bertz CT molecular complexity index is 1330. The van der Waals surface area contributed by atoms with Crippen LogP contribution in [0.2, 0.25) is 0 Å². The van der Waals surface area contributed by atoms with Gasteiger partial charge in [0.25, 0.3) is 0 Å². The molecule has 2 nitrogen and oxygen atoms in total. The molecular weight excluding hydrogens is 507 g/mol. The Kier molecular flexibility index (Phi) is 5.38. The van der Waals surface area contributed by atoms with Gasteiger partial charge in [0.05, 0.1) is 0 Å². The molecule has 0 bridgehead atoms. The molecule has 6 rings (SSSR count). The third-order valence-electron chi connectivity index (χ3n) is 5.88. The number of benzene rings is 3. The van der Waals surface area contributed by atoms with Gasteiger partial charge in [0, 0.05) is 0 Å². The fraction of sp³-hybridized carbons (Fsp3) is 0.0714. The molecule has 33 heavy (non-hydrogen) atoms. The third kappa shape index (κ3) is 3.63. The van der Waals surface area contributed by atoms with Crippen molar-refractivity contribution in [2.75, 3.05) is 14.2 Å². The molecule has 1 aliphatic rings. The minimum atomic E-state index is -1.59. The van der Waals surface area contributed by atoms with Crippen LogP contribution in [0.1, 0.15) is 0 Å². The molecule has 0 atom stereocenters. The van der Waals surface area contributed by atoms with Crippen molar-refractivity contribution in [2.24, 2.45) is 0 Å². The van der Waals surface area contributed by atoms with Crippen molar-refractivity contribution in [1.82, 2.24) is 0 Å². The van der Waals surface area contributed by atoms with E-state index >= 15 is 0 Å². The van der Waals surface area contributed by atoms with Crippen molar-refractivity contribution in [1.29, 1.82) is 0 Å². The molecule has 0 saturated carbocycles. The average Bonchev–Trinajstić information content (AvgIpc) is 3.56. The van der Waals surface area contributed by atoms with Gasteiger partial charge in [0.1, 0.15) is 0 Å². The van der Waals surface area contributed by atoms with Crippen molar-refractivity contribution in [2.45, 2.75) is 0 Å². The second-order valence-electron chi connectivity index (χ2n) is 7.78. The summed E-state index contributed by atoms with van der Waals surface area (Å²) in [6.07, 6.45) is 0. The molecule has 5 heteroatoms. The number of methoxy groups -OCH3 is 2. The fourth-order valence-corrected chi connectivity index (χ4v) is 13.8. The Morgan fingerprint density at radius 2 is 1.03 bits per heavy atom. The average molecular weight is 529 g/mol. The maximum atomic E-state index is 5.35. The molecule has 0 unspecified atom stereocenters. The molecule has 162 valence electrons. The Balaban J connectivity index is 1.48. The third-order valence-corrected chi connectivity index (χ3v) is 14.3. The van der Waals surface area contributed by atoms with Gasteiger partial charge in [-0.25, -0.2) is 0 Å². The van der Waals surface area contributed by atoms with Gasteiger partial charge in [0.2, 0.25) is 0 Å². The van der Waals surface area contributed by atoms with Gasteiger partial charge in [-0.1, -0.05) is 0 Å². The summed E-state index contributed by atoms with van der Waals surface area (Å²) >= 11 is 2.27. The molecule has 0 spiro atoms. The van der Waals surface area contributed by atoms with Gasteiger partial charge in [-0.05, 0) is 0 Å². The topological polar surface area (TPSA) is 18.5 Å². The van der Waals surface area contributed by atoms with Crippen LogP contribution in [0.15, 0.2) is 91.0 Å². The van der Waals surface area contributed by atoms with Crippen LogP contribution in [0.25, 0.3) is 30.6 Å². The van der Waals surface area contributed by atoms with Crippen LogP contribution < -0.4 is 22.5 Å². The molecular formula is C28H21AsO2S2. The summed E-state index contributed by atoms with van der Waals surface area (Å²) in [6.45, 7) is 0. The van der Waals surface area contributed by atoms with Crippen molar-refractivity contribution in [3.63, 3.8) is 0 Å². The quantitative estimate of drug-likeness (QED) is 0.269. The van der Waals surface area contributed by atoms with E-state index in [1.165, 1.54) is 35.0 Å². The van der Waals surface area contributed by atoms with E-state index in [-0.39, 0.29) is 0 Å². The van der Waals surface area contributed by atoms with Gasteiger partial charge < -0.3 is 0 Å². The van der Waals surface area contributed by atoms with Crippen LogP contribution in [0.5, 0.6) is 11.5 Å². The standard InChI is InChI=1S/C28H21AsO2S2/c1-30-21-12-8-18(9-13-21)25-16-23-27(32-25)28-24(29(23)20-6-4-3-5-7-20)17-26(33-28)19-10-14-22(31-2)15-11-19/h3-17H,1-2H3. The zero-order chi connectivity index (χ0) is 22.4. The van der Waals surface area contributed by atoms with E-state index in [9.17, 15) is 0 Å². The zero-order valence-corrected chi connectivity index (χ0v) is 21.8. The molecule has 0 saturated heterocycles. The van der Waals surface area contributed by atoms with E-state index < -0.39 is 14.7 Å². The Morgan fingerprint density at radius 1 is 0.576 bits per heavy atom. The first-order valence-corrected chi connectivity index (χ1v) is 15.1. The number of ether oxygens (including phenoxy) is 2. The van der Waals surface area contributed by atoms with E-state index in [1.807, 2.05) is 46.9 Å². The van der Waals surface area contributed by atoms with Crippen molar-refractivity contribution < 1.29 is 9.47 Å². The molecule has 0 fully saturated rings. The summed E-state index contributed by atoms with van der Waals surface area (Å²) in [4.78, 5) is 5.60. The van der Waals surface area contributed by atoms with Crippen LogP contribution in [-0.2, 0) is 0 Å². The maximum absolute atomic E-state index is 5.35. The first-order valence-electron chi connectivity index (χ1n) is 10.7. The second-order valence-corrected chi connectivity index (χ2v) is 14.4.